The zero-order valence-electron chi connectivity index (χ0n) is 12.6. The molecule has 0 saturated carbocycles. The summed E-state index contributed by atoms with van der Waals surface area (Å²) in [6.45, 7) is 9.55. The standard InChI is InChI=1S/C14H21N5O2/c1-3-13-15-14(21-17-13)10-19-6-4-18(5-7-19)9-12-8-11(2)16-20-12/h8H,3-7,9-10H2,1-2H3. The third-order valence-corrected chi connectivity index (χ3v) is 3.71. The lowest BCUT2D eigenvalue weighted by atomic mass is 10.3. The van der Waals surface area contributed by atoms with Gasteiger partial charge in [-0.2, -0.15) is 4.98 Å². The van der Waals surface area contributed by atoms with Crippen LogP contribution in [-0.4, -0.2) is 51.3 Å². The Bertz CT molecular complexity index is 571. The molecule has 1 saturated heterocycles. The van der Waals surface area contributed by atoms with Crippen molar-refractivity contribution >= 4 is 0 Å². The van der Waals surface area contributed by atoms with Gasteiger partial charge in [0.25, 0.3) is 0 Å². The molecule has 21 heavy (non-hydrogen) atoms. The van der Waals surface area contributed by atoms with Gasteiger partial charge in [0.1, 0.15) is 0 Å². The first kappa shape index (κ1) is 14.2. The fourth-order valence-electron chi connectivity index (χ4n) is 2.51. The van der Waals surface area contributed by atoms with E-state index in [1.54, 1.807) is 0 Å². The highest BCUT2D eigenvalue weighted by Crippen LogP contribution is 2.11. The van der Waals surface area contributed by atoms with Gasteiger partial charge in [-0.05, 0) is 6.92 Å². The van der Waals surface area contributed by atoms with E-state index in [-0.39, 0.29) is 0 Å². The van der Waals surface area contributed by atoms with Gasteiger partial charge in [-0.25, -0.2) is 0 Å². The first-order valence-electron chi connectivity index (χ1n) is 7.41. The van der Waals surface area contributed by atoms with Gasteiger partial charge in [-0.15, -0.1) is 0 Å². The molecule has 1 aliphatic rings. The highest BCUT2D eigenvalue weighted by atomic mass is 16.5. The predicted molar refractivity (Wildman–Crippen MR) is 75.5 cm³/mol. The van der Waals surface area contributed by atoms with E-state index in [1.807, 2.05) is 19.9 Å². The molecule has 0 spiro atoms. The van der Waals surface area contributed by atoms with Crippen LogP contribution in [0.4, 0.5) is 0 Å². The lowest BCUT2D eigenvalue weighted by Gasteiger charge is -2.33. The fourth-order valence-corrected chi connectivity index (χ4v) is 2.51. The summed E-state index contributed by atoms with van der Waals surface area (Å²) in [5.74, 6) is 2.43. The lowest BCUT2D eigenvalue weighted by Crippen LogP contribution is -2.45. The van der Waals surface area contributed by atoms with Gasteiger partial charge >= 0.3 is 0 Å². The second-order valence-corrected chi connectivity index (χ2v) is 5.44. The SMILES string of the molecule is CCc1noc(CN2CCN(Cc3cc(C)no3)CC2)n1. The Balaban J connectivity index is 1.46. The molecule has 114 valence electrons. The summed E-state index contributed by atoms with van der Waals surface area (Å²) < 4.78 is 10.5. The van der Waals surface area contributed by atoms with Crippen LogP contribution in [0.3, 0.4) is 0 Å². The zero-order valence-corrected chi connectivity index (χ0v) is 12.6. The van der Waals surface area contributed by atoms with Gasteiger partial charge in [0.2, 0.25) is 5.89 Å². The van der Waals surface area contributed by atoms with Crippen LogP contribution in [0.5, 0.6) is 0 Å². The number of piperazine rings is 1. The summed E-state index contributed by atoms with van der Waals surface area (Å²) in [4.78, 5) is 9.08. The van der Waals surface area contributed by atoms with Crippen molar-refractivity contribution in [3.8, 4) is 0 Å². The smallest absolute Gasteiger partial charge is 0.240 e. The van der Waals surface area contributed by atoms with Crippen molar-refractivity contribution in [1.29, 1.82) is 0 Å². The molecule has 7 heteroatoms. The first-order valence-corrected chi connectivity index (χ1v) is 7.41. The molecule has 0 atom stereocenters. The summed E-state index contributed by atoms with van der Waals surface area (Å²) in [5, 5.41) is 7.85. The summed E-state index contributed by atoms with van der Waals surface area (Å²) in [5.41, 5.74) is 0.937. The van der Waals surface area contributed by atoms with Crippen molar-refractivity contribution < 1.29 is 9.05 Å². The minimum atomic E-state index is 0.714. The normalized spacial score (nSPS) is 17.4. The first-order chi connectivity index (χ1) is 10.2. The lowest BCUT2D eigenvalue weighted by molar-refractivity contribution is 0.105. The second kappa shape index (κ2) is 6.36. The molecule has 0 aliphatic carbocycles. The van der Waals surface area contributed by atoms with Gasteiger partial charge < -0.3 is 9.05 Å². The molecular formula is C14H21N5O2. The molecule has 2 aromatic heterocycles. The third kappa shape index (κ3) is 3.68. The maximum absolute atomic E-state index is 5.27. The molecule has 1 fully saturated rings. The Morgan fingerprint density at radius 2 is 1.76 bits per heavy atom. The summed E-state index contributed by atoms with van der Waals surface area (Å²) in [7, 11) is 0. The number of hydrogen-bond donors (Lipinski definition) is 0. The van der Waals surface area contributed by atoms with Crippen LogP contribution in [0.2, 0.25) is 0 Å². The maximum Gasteiger partial charge on any atom is 0.240 e. The fraction of sp³-hybridized carbons (Fsp3) is 0.643. The Morgan fingerprint density at radius 1 is 1.05 bits per heavy atom. The molecule has 0 N–H and O–H groups in total. The van der Waals surface area contributed by atoms with E-state index in [9.17, 15) is 0 Å². The maximum atomic E-state index is 5.27. The van der Waals surface area contributed by atoms with Crippen LogP contribution in [0.25, 0.3) is 0 Å². The Morgan fingerprint density at radius 3 is 2.33 bits per heavy atom. The minimum absolute atomic E-state index is 0.714. The molecule has 3 heterocycles. The molecule has 0 unspecified atom stereocenters. The second-order valence-electron chi connectivity index (χ2n) is 5.44. The monoisotopic (exact) mass is 291 g/mol. The van der Waals surface area contributed by atoms with Crippen LogP contribution >= 0.6 is 0 Å². The molecule has 7 nitrogen and oxygen atoms in total. The summed E-state index contributed by atoms with van der Waals surface area (Å²) in [6, 6.07) is 2.00. The topological polar surface area (TPSA) is 71.4 Å². The predicted octanol–water partition coefficient (Wildman–Crippen LogP) is 1.25. The van der Waals surface area contributed by atoms with Crippen molar-refractivity contribution in [2.45, 2.75) is 33.4 Å². The van der Waals surface area contributed by atoms with Gasteiger partial charge in [-0.1, -0.05) is 17.2 Å². The highest BCUT2D eigenvalue weighted by Gasteiger charge is 2.20. The van der Waals surface area contributed by atoms with E-state index in [0.29, 0.717) is 5.89 Å². The Kier molecular flexibility index (Phi) is 4.31. The molecule has 0 amide bonds. The third-order valence-electron chi connectivity index (χ3n) is 3.71. The zero-order chi connectivity index (χ0) is 14.7. The summed E-state index contributed by atoms with van der Waals surface area (Å²) in [6.07, 6.45) is 0.813. The van der Waals surface area contributed by atoms with Crippen molar-refractivity contribution in [3.05, 3.63) is 29.2 Å². The van der Waals surface area contributed by atoms with Gasteiger partial charge in [-0.3, -0.25) is 9.80 Å². The Hall–Kier alpha value is -1.73. The van der Waals surface area contributed by atoms with Crippen molar-refractivity contribution in [2.24, 2.45) is 0 Å². The number of hydrogen-bond acceptors (Lipinski definition) is 7. The van der Waals surface area contributed by atoms with Gasteiger partial charge in [0.15, 0.2) is 11.6 Å². The number of aryl methyl sites for hydroxylation is 2. The van der Waals surface area contributed by atoms with Crippen LogP contribution in [-0.2, 0) is 19.5 Å². The van der Waals surface area contributed by atoms with E-state index < -0.39 is 0 Å². The van der Waals surface area contributed by atoms with Crippen molar-refractivity contribution in [2.75, 3.05) is 26.2 Å². The number of nitrogens with zero attached hydrogens (tertiary/aromatic N) is 5. The van der Waals surface area contributed by atoms with Crippen LogP contribution < -0.4 is 0 Å². The van der Waals surface area contributed by atoms with Crippen molar-refractivity contribution in [3.63, 3.8) is 0 Å². The van der Waals surface area contributed by atoms with E-state index in [2.05, 4.69) is 25.1 Å². The van der Waals surface area contributed by atoms with Crippen molar-refractivity contribution in [1.82, 2.24) is 25.1 Å². The number of aromatic nitrogens is 3. The molecular weight excluding hydrogens is 270 g/mol. The largest absolute Gasteiger partial charge is 0.360 e. The average Bonchev–Trinajstić information content (AvgIpc) is 3.10. The van der Waals surface area contributed by atoms with Gasteiger partial charge in [0.05, 0.1) is 18.8 Å². The average molecular weight is 291 g/mol. The van der Waals surface area contributed by atoms with Crippen LogP contribution in [0.15, 0.2) is 15.1 Å². The van der Waals surface area contributed by atoms with Crippen LogP contribution in [0.1, 0.15) is 30.1 Å². The van der Waals surface area contributed by atoms with Gasteiger partial charge in [0, 0.05) is 38.7 Å². The molecule has 0 aromatic carbocycles. The molecule has 0 radical (unpaired) electrons. The van der Waals surface area contributed by atoms with E-state index >= 15 is 0 Å². The van der Waals surface area contributed by atoms with E-state index in [4.69, 9.17) is 9.05 Å². The Labute approximate surface area is 123 Å². The van der Waals surface area contributed by atoms with Crippen LogP contribution in [0, 0.1) is 6.92 Å². The molecule has 0 bridgehead atoms. The minimum Gasteiger partial charge on any atom is -0.360 e. The van der Waals surface area contributed by atoms with E-state index in [1.165, 1.54) is 0 Å². The molecule has 1 aliphatic heterocycles. The molecule has 2 aromatic rings. The quantitative estimate of drug-likeness (QED) is 0.820. The summed E-state index contributed by atoms with van der Waals surface area (Å²) >= 11 is 0. The van der Waals surface area contributed by atoms with E-state index in [0.717, 1.165) is 63.0 Å². The number of rotatable bonds is 5. The molecule has 3 rings (SSSR count). The highest BCUT2D eigenvalue weighted by molar-refractivity contribution is 5.03.